The highest BCUT2D eigenvalue weighted by atomic mass is 35.5. The molecule has 1 aromatic rings. The van der Waals surface area contributed by atoms with Gasteiger partial charge in [-0.3, -0.25) is 0 Å². The van der Waals surface area contributed by atoms with Crippen LogP contribution in [0.4, 0.5) is 0 Å². The van der Waals surface area contributed by atoms with E-state index in [0.29, 0.717) is 0 Å². The van der Waals surface area contributed by atoms with E-state index in [1.165, 1.54) is 50.9 Å². The van der Waals surface area contributed by atoms with Crippen molar-refractivity contribution in [3.05, 3.63) is 23.2 Å². The van der Waals surface area contributed by atoms with Crippen LogP contribution < -0.4 is 0 Å². The van der Waals surface area contributed by atoms with E-state index < -0.39 is 5.97 Å². The van der Waals surface area contributed by atoms with Gasteiger partial charge >= 0.3 is 5.97 Å². The van der Waals surface area contributed by atoms with Gasteiger partial charge < -0.3 is 4.74 Å². The van der Waals surface area contributed by atoms with Gasteiger partial charge in [0.1, 0.15) is 5.15 Å². The number of esters is 1. The summed E-state index contributed by atoms with van der Waals surface area (Å²) in [5.74, 6) is -0.436. The fraction of sp³-hybridized carbons (Fsp3) is 0.688. The molecule has 21 heavy (non-hydrogen) atoms. The lowest BCUT2D eigenvalue weighted by atomic mass is 10.1. The van der Waals surface area contributed by atoms with Gasteiger partial charge in [-0.15, -0.1) is 0 Å². The van der Waals surface area contributed by atoms with Gasteiger partial charge in [-0.25, -0.2) is 14.8 Å². The molecule has 5 heteroatoms. The predicted octanol–water partition coefficient (Wildman–Crippen LogP) is 4.82. The maximum absolute atomic E-state index is 11.8. The van der Waals surface area contributed by atoms with Gasteiger partial charge in [0.05, 0.1) is 18.5 Å². The van der Waals surface area contributed by atoms with Crippen LogP contribution in [0.25, 0.3) is 0 Å². The van der Waals surface area contributed by atoms with E-state index in [9.17, 15) is 4.79 Å². The first-order chi connectivity index (χ1) is 10.1. The summed E-state index contributed by atoms with van der Waals surface area (Å²) < 4.78 is 5.34. The lowest BCUT2D eigenvalue weighted by Crippen LogP contribution is -2.16. The predicted molar refractivity (Wildman–Crippen MR) is 84.5 cm³/mol. The molecule has 0 aliphatic rings. The van der Waals surface area contributed by atoms with Crippen molar-refractivity contribution < 1.29 is 9.53 Å². The SMILES string of the molecule is CCCCCCCCC[C@@H](C)OC(=O)c1cnc(Cl)cn1. The average Bonchev–Trinajstić information content (AvgIpc) is 2.47. The van der Waals surface area contributed by atoms with Crippen molar-refractivity contribution in [1.82, 2.24) is 9.97 Å². The molecule has 0 aliphatic heterocycles. The molecule has 1 heterocycles. The van der Waals surface area contributed by atoms with Crippen molar-refractivity contribution in [2.45, 2.75) is 71.3 Å². The van der Waals surface area contributed by atoms with Crippen molar-refractivity contribution >= 4 is 17.6 Å². The Morgan fingerprint density at radius 2 is 1.81 bits per heavy atom. The summed E-state index contributed by atoms with van der Waals surface area (Å²) in [6.07, 6.45) is 12.3. The Morgan fingerprint density at radius 3 is 2.43 bits per heavy atom. The Bertz CT molecular complexity index is 409. The minimum absolute atomic E-state index is 0.0920. The number of carbonyl (C=O) groups excluding carboxylic acids is 1. The zero-order valence-electron chi connectivity index (χ0n) is 13.0. The van der Waals surface area contributed by atoms with Crippen molar-refractivity contribution in [2.24, 2.45) is 0 Å². The minimum Gasteiger partial charge on any atom is -0.458 e. The molecule has 1 atom stereocenters. The molecule has 4 nitrogen and oxygen atoms in total. The van der Waals surface area contributed by atoms with E-state index in [4.69, 9.17) is 16.3 Å². The molecule has 0 aromatic carbocycles. The van der Waals surface area contributed by atoms with Gasteiger partial charge in [-0.1, -0.05) is 57.0 Å². The van der Waals surface area contributed by atoms with Crippen molar-refractivity contribution in [3.8, 4) is 0 Å². The third kappa shape index (κ3) is 8.00. The van der Waals surface area contributed by atoms with Crippen LogP contribution in [-0.2, 0) is 4.74 Å². The lowest BCUT2D eigenvalue weighted by molar-refractivity contribution is 0.0312. The summed E-state index contributed by atoms with van der Waals surface area (Å²) in [6.45, 7) is 4.14. The third-order valence-electron chi connectivity index (χ3n) is 3.35. The number of rotatable bonds is 10. The van der Waals surface area contributed by atoms with Crippen LogP contribution in [-0.4, -0.2) is 22.0 Å². The van der Waals surface area contributed by atoms with Crippen molar-refractivity contribution in [1.29, 1.82) is 0 Å². The van der Waals surface area contributed by atoms with E-state index in [-0.39, 0.29) is 17.0 Å². The summed E-state index contributed by atoms with van der Waals surface area (Å²) in [7, 11) is 0. The average molecular weight is 313 g/mol. The monoisotopic (exact) mass is 312 g/mol. The first-order valence-corrected chi connectivity index (χ1v) is 8.19. The number of hydrogen-bond acceptors (Lipinski definition) is 4. The van der Waals surface area contributed by atoms with Gasteiger partial charge in [0.2, 0.25) is 0 Å². The summed E-state index contributed by atoms with van der Waals surface area (Å²) in [6, 6.07) is 0. The zero-order valence-corrected chi connectivity index (χ0v) is 13.7. The number of hydrogen-bond donors (Lipinski definition) is 0. The molecule has 0 radical (unpaired) electrons. The highest BCUT2D eigenvalue weighted by Gasteiger charge is 2.13. The molecule has 0 saturated carbocycles. The second-order valence-corrected chi connectivity index (χ2v) is 5.74. The van der Waals surface area contributed by atoms with Gasteiger partial charge in [0, 0.05) is 0 Å². The van der Waals surface area contributed by atoms with Crippen molar-refractivity contribution in [3.63, 3.8) is 0 Å². The molecule has 0 fully saturated rings. The molecule has 0 amide bonds. The Hall–Kier alpha value is -1.16. The first-order valence-electron chi connectivity index (χ1n) is 7.82. The van der Waals surface area contributed by atoms with E-state index in [2.05, 4.69) is 16.9 Å². The smallest absolute Gasteiger partial charge is 0.358 e. The molecule has 0 aliphatic carbocycles. The molecular weight excluding hydrogens is 288 g/mol. The second kappa shape index (κ2) is 10.6. The molecule has 0 saturated heterocycles. The molecule has 0 spiro atoms. The van der Waals surface area contributed by atoms with E-state index >= 15 is 0 Å². The van der Waals surface area contributed by atoms with Gasteiger partial charge in [-0.05, 0) is 19.8 Å². The summed E-state index contributed by atoms with van der Waals surface area (Å²) >= 11 is 5.63. The van der Waals surface area contributed by atoms with Crippen LogP contribution in [0.5, 0.6) is 0 Å². The van der Waals surface area contributed by atoms with Crippen LogP contribution in [0.3, 0.4) is 0 Å². The number of aromatic nitrogens is 2. The number of unbranched alkanes of at least 4 members (excludes halogenated alkanes) is 6. The van der Waals surface area contributed by atoms with Gasteiger partial charge in [0.15, 0.2) is 5.69 Å². The fourth-order valence-electron chi connectivity index (χ4n) is 2.11. The second-order valence-electron chi connectivity index (χ2n) is 5.35. The van der Waals surface area contributed by atoms with E-state index in [0.717, 1.165) is 12.8 Å². The summed E-state index contributed by atoms with van der Waals surface area (Å²) in [4.78, 5) is 19.5. The Morgan fingerprint density at radius 1 is 1.14 bits per heavy atom. The van der Waals surface area contributed by atoms with Gasteiger partial charge in [0.25, 0.3) is 0 Å². The molecule has 118 valence electrons. The first kappa shape index (κ1) is 17.9. The minimum atomic E-state index is -0.436. The van der Waals surface area contributed by atoms with E-state index in [1.807, 2.05) is 6.92 Å². The summed E-state index contributed by atoms with van der Waals surface area (Å²) in [5, 5.41) is 0.266. The van der Waals surface area contributed by atoms with Crippen molar-refractivity contribution in [2.75, 3.05) is 0 Å². The number of nitrogens with zero attached hydrogens (tertiary/aromatic N) is 2. The molecule has 0 bridgehead atoms. The number of ether oxygens (including phenoxy) is 1. The number of halogens is 1. The molecule has 1 aromatic heterocycles. The van der Waals surface area contributed by atoms with Crippen LogP contribution in [0, 0.1) is 0 Å². The van der Waals surface area contributed by atoms with Crippen LogP contribution >= 0.6 is 11.6 Å². The molecule has 0 N–H and O–H groups in total. The van der Waals surface area contributed by atoms with Gasteiger partial charge in [-0.2, -0.15) is 0 Å². The Balaban J connectivity index is 2.14. The third-order valence-corrected chi connectivity index (χ3v) is 3.55. The van der Waals surface area contributed by atoms with E-state index in [1.54, 1.807) is 0 Å². The Labute approximate surface area is 132 Å². The molecule has 1 rings (SSSR count). The maximum atomic E-state index is 11.8. The molecule has 0 unspecified atom stereocenters. The quantitative estimate of drug-likeness (QED) is 0.459. The highest BCUT2D eigenvalue weighted by molar-refractivity contribution is 6.29. The largest absolute Gasteiger partial charge is 0.458 e. The Kier molecular flexibility index (Phi) is 8.99. The zero-order chi connectivity index (χ0) is 15.5. The van der Waals surface area contributed by atoms with Crippen LogP contribution in [0.1, 0.15) is 75.7 Å². The van der Waals surface area contributed by atoms with Crippen LogP contribution in [0.15, 0.2) is 12.4 Å². The maximum Gasteiger partial charge on any atom is 0.358 e. The number of carbonyl (C=O) groups is 1. The molecular formula is C16H25ClN2O2. The topological polar surface area (TPSA) is 52.1 Å². The highest BCUT2D eigenvalue weighted by Crippen LogP contribution is 2.12. The standard InChI is InChI=1S/C16H25ClN2O2/c1-3-4-5-6-7-8-9-10-13(2)21-16(20)14-11-19-15(17)12-18-14/h11-13H,3-10H2,1-2H3/t13-/m1/s1. The lowest BCUT2D eigenvalue weighted by Gasteiger charge is -2.12. The van der Waals surface area contributed by atoms with Crippen LogP contribution in [0.2, 0.25) is 5.15 Å². The normalized spacial score (nSPS) is 12.1. The fourth-order valence-corrected chi connectivity index (χ4v) is 2.21. The summed E-state index contributed by atoms with van der Waals surface area (Å²) in [5.41, 5.74) is 0.200.